The molecule has 2 heterocycles. The molecule has 0 unspecified atom stereocenters. The number of ether oxygens (including phenoxy) is 2. The van der Waals surface area contributed by atoms with E-state index in [2.05, 4.69) is 15.0 Å². The molecule has 0 radical (unpaired) electrons. The van der Waals surface area contributed by atoms with Gasteiger partial charge in [-0.1, -0.05) is 6.07 Å². The fraction of sp³-hybridized carbons (Fsp3) is 0.208. The predicted molar refractivity (Wildman–Crippen MR) is 116 cm³/mol. The second-order valence-electron chi connectivity index (χ2n) is 7.49. The lowest BCUT2D eigenvalue weighted by molar-refractivity contribution is -0.137. The smallest absolute Gasteiger partial charge is 0.416 e. The third-order valence-corrected chi connectivity index (χ3v) is 4.88. The maximum atomic E-state index is 12.8. The molecule has 4 rings (SSSR count). The number of hydrogen-bond donors (Lipinski definition) is 0. The zero-order valence-electron chi connectivity index (χ0n) is 18.2. The minimum absolute atomic E-state index is 0.258. The van der Waals surface area contributed by atoms with Gasteiger partial charge in [0.2, 0.25) is 5.88 Å². The molecular weight excluding hydrogens is 433 g/mol. The molecular formula is C24H21F3N4O2. The van der Waals surface area contributed by atoms with Crippen molar-refractivity contribution in [2.24, 2.45) is 0 Å². The molecule has 0 fully saturated rings. The molecule has 0 bridgehead atoms. The summed E-state index contributed by atoms with van der Waals surface area (Å²) < 4.78 is 51.4. The summed E-state index contributed by atoms with van der Waals surface area (Å²) in [6, 6.07) is 11.9. The summed E-state index contributed by atoms with van der Waals surface area (Å²) in [5, 5.41) is 0. The first-order chi connectivity index (χ1) is 15.7. The van der Waals surface area contributed by atoms with Crippen LogP contribution in [0.1, 0.15) is 28.3 Å². The highest BCUT2D eigenvalue weighted by Crippen LogP contribution is 2.31. The van der Waals surface area contributed by atoms with Crippen molar-refractivity contribution in [3.63, 3.8) is 0 Å². The van der Waals surface area contributed by atoms with Crippen molar-refractivity contribution in [1.29, 1.82) is 0 Å². The summed E-state index contributed by atoms with van der Waals surface area (Å²) >= 11 is 0. The van der Waals surface area contributed by atoms with Gasteiger partial charge in [0.15, 0.2) is 0 Å². The van der Waals surface area contributed by atoms with E-state index >= 15 is 0 Å². The van der Waals surface area contributed by atoms with E-state index in [1.54, 1.807) is 26.4 Å². The van der Waals surface area contributed by atoms with E-state index in [1.807, 2.05) is 35.9 Å². The zero-order valence-corrected chi connectivity index (χ0v) is 18.2. The van der Waals surface area contributed by atoms with Gasteiger partial charge < -0.3 is 14.0 Å². The lowest BCUT2D eigenvalue weighted by atomic mass is 10.1. The Kier molecular flexibility index (Phi) is 6.04. The molecule has 6 nitrogen and oxygen atoms in total. The van der Waals surface area contributed by atoms with Gasteiger partial charge in [0.25, 0.3) is 0 Å². The number of methoxy groups -OCH3 is 1. The minimum Gasteiger partial charge on any atom is -0.495 e. The van der Waals surface area contributed by atoms with Gasteiger partial charge in [-0.15, -0.1) is 0 Å². The van der Waals surface area contributed by atoms with Gasteiger partial charge in [-0.25, -0.2) is 9.97 Å². The summed E-state index contributed by atoms with van der Waals surface area (Å²) in [6.45, 7) is 3.71. The average molecular weight is 454 g/mol. The fourth-order valence-electron chi connectivity index (χ4n) is 3.34. The predicted octanol–water partition coefficient (Wildman–Crippen LogP) is 5.69. The van der Waals surface area contributed by atoms with Crippen LogP contribution in [0.3, 0.4) is 0 Å². The monoisotopic (exact) mass is 454 g/mol. The van der Waals surface area contributed by atoms with Crippen molar-refractivity contribution < 1.29 is 22.6 Å². The van der Waals surface area contributed by atoms with Gasteiger partial charge in [0.05, 0.1) is 30.4 Å². The van der Waals surface area contributed by atoms with Crippen molar-refractivity contribution in [2.45, 2.75) is 26.4 Å². The van der Waals surface area contributed by atoms with Crippen LogP contribution in [0.15, 0.2) is 61.1 Å². The van der Waals surface area contributed by atoms with Crippen LogP contribution in [0.4, 0.5) is 13.2 Å². The van der Waals surface area contributed by atoms with Gasteiger partial charge in [0.1, 0.15) is 17.3 Å². The summed E-state index contributed by atoms with van der Waals surface area (Å²) in [5.74, 6) is 1.72. The molecule has 0 aliphatic carbocycles. The number of imidazole rings is 1. The number of aryl methyl sites for hydroxylation is 2. The number of hydrogen-bond acceptors (Lipinski definition) is 5. The standard InChI is InChI=1S/C24H21F3N4O2/c1-15-10-23(33-19-7-5-18(6-8-19)24(25,26)27)30-22(29-15)12-17-4-9-20(21(11-17)32-3)31-13-16(2)28-14-31/h4-11,13-14H,12H2,1-3H3. The van der Waals surface area contributed by atoms with Gasteiger partial charge >= 0.3 is 6.18 Å². The molecule has 33 heavy (non-hydrogen) atoms. The number of rotatable bonds is 6. The Balaban J connectivity index is 1.54. The maximum Gasteiger partial charge on any atom is 0.416 e. The summed E-state index contributed by atoms with van der Waals surface area (Å²) in [4.78, 5) is 13.1. The Morgan fingerprint density at radius 1 is 0.939 bits per heavy atom. The third-order valence-electron chi connectivity index (χ3n) is 4.88. The van der Waals surface area contributed by atoms with Crippen molar-refractivity contribution in [1.82, 2.24) is 19.5 Å². The highest BCUT2D eigenvalue weighted by molar-refractivity contribution is 5.49. The largest absolute Gasteiger partial charge is 0.495 e. The number of halogens is 3. The van der Waals surface area contributed by atoms with Crippen LogP contribution in [0, 0.1) is 13.8 Å². The molecule has 0 aliphatic heterocycles. The molecule has 0 spiro atoms. The molecule has 0 saturated carbocycles. The molecule has 0 aliphatic rings. The number of aromatic nitrogens is 4. The number of benzene rings is 2. The van der Waals surface area contributed by atoms with Crippen LogP contribution in [-0.4, -0.2) is 26.6 Å². The van der Waals surface area contributed by atoms with Crippen molar-refractivity contribution in [2.75, 3.05) is 7.11 Å². The van der Waals surface area contributed by atoms with E-state index < -0.39 is 11.7 Å². The van der Waals surface area contributed by atoms with Gasteiger partial charge in [-0.2, -0.15) is 18.2 Å². The van der Waals surface area contributed by atoms with E-state index in [0.29, 0.717) is 23.7 Å². The van der Waals surface area contributed by atoms with Gasteiger partial charge in [-0.05, 0) is 55.8 Å². The number of alkyl halides is 3. The van der Waals surface area contributed by atoms with Crippen LogP contribution in [0.2, 0.25) is 0 Å². The second kappa shape index (κ2) is 8.93. The van der Waals surface area contributed by atoms with Crippen LogP contribution >= 0.6 is 0 Å². The fourth-order valence-corrected chi connectivity index (χ4v) is 3.34. The first-order valence-corrected chi connectivity index (χ1v) is 10.1. The topological polar surface area (TPSA) is 62.1 Å². The van der Waals surface area contributed by atoms with E-state index in [4.69, 9.17) is 9.47 Å². The van der Waals surface area contributed by atoms with Crippen molar-refractivity contribution in [3.05, 3.63) is 89.4 Å². The Labute approximate surface area is 188 Å². The zero-order chi connectivity index (χ0) is 23.6. The third kappa shape index (κ3) is 5.31. The lowest BCUT2D eigenvalue weighted by Crippen LogP contribution is -2.04. The number of nitrogens with zero attached hydrogens (tertiary/aromatic N) is 4. The Hall–Kier alpha value is -3.88. The summed E-state index contributed by atoms with van der Waals surface area (Å²) in [7, 11) is 1.60. The quantitative estimate of drug-likeness (QED) is 0.375. The van der Waals surface area contributed by atoms with Crippen molar-refractivity contribution >= 4 is 0 Å². The van der Waals surface area contributed by atoms with Gasteiger partial charge in [0, 0.05) is 24.4 Å². The molecule has 2 aromatic carbocycles. The Morgan fingerprint density at radius 2 is 1.70 bits per heavy atom. The van der Waals surface area contributed by atoms with E-state index in [1.165, 1.54) is 12.1 Å². The molecule has 4 aromatic rings. The summed E-state index contributed by atoms with van der Waals surface area (Å²) in [5.41, 5.74) is 2.63. The molecule has 0 atom stereocenters. The van der Waals surface area contributed by atoms with E-state index in [-0.39, 0.29) is 11.6 Å². The average Bonchev–Trinajstić information content (AvgIpc) is 3.19. The highest BCUT2D eigenvalue weighted by Gasteiger charge is 2.30. The molecule has 2 aromatic heterocycles. The van der Waals surface area contributed by atoms with Crippen molar-refractivity contribution in [3.8, 4) is 23.1 Å². The first-order valence-electron chi connectivity index (χ1n) is 10.1. The second-order valence-corrected chi connectivity index (χ2v) is 7.49. The minimum atomic E-state index is -4.40. The molecule has 0 saturated heterocycles. The van der Waals surface area contributed by atoms with E-state index in [9.17, 15) is 13.2 Å². The molecule has 0 amide bonds. The maximum absolute atomic E-state index is 12.8. The van der Waals surface area contributed by atoms with Crippen LogP contribution < -0.4 is 9.47 Å². The SMILES string of the molecule is COc1cc(Cc2nc(C)cc(Oc3ccc(C(F)(F)F)cc3)n2)ccc1-n1cnc(C)c1. The Bertz CT molecular complexity index is 1270. The van der Waals surface area contributed by atoms with Gasteiger partial charge in [-0.3, -0.25) is 0 Å². The first kappa shape index (κ1) is 22.3. The summed E-state index contributed by atoms with van der Waals surface area (Å²) in [6.07, 6.45) is -0.345. The Morgan fingerprint density at radius 3 is 2.33 bits per heavy atom. The lowest BCUT2D eigenvalue weighted by Gasteiger charge is -2.12. The highest BCUT2D eigenvalue weighted by atomic mass is 19.4. The van der Waals surface area contributed by atoms with Crippen LogP contribution in [0.5, 0.6) is 17.4 Å². The van der Waals surface area contributed by atoms with E-state index in [0.717, 1.165) is 29.1 Å². The van der Waals surface area contributed by atoms with Crippen LogP contribution in [0.25, 0.3) is 5.69 Å². The molecule has 0 N–H and O–H groups in total. The van der Waals surface area contributed by atoms with Crippen LogP contribution in [-0.2, 0) is 12.6 Å². The normalized spacial score (nSPS) is 11.5. The molecule has 170 valence electrons. The molecule has 9 heteroatoms.